The molecule has 4 rings (SSSR count). The molecule has 1 amide bonds. The van der Waals surface area contributed by atoms with E-state index in [0.29, 0.717) is 5.56 Å². The molecule has 1 atom stereocenters. The lowest BCUT2D eigenvalue weighted by atomic mass is 10.2. The molecular weight excluding hydrogens is 328 g/mol. The molecule has 26 heavy (non-hydrogen) atoms. The van der Waals surface area contributed by atoms with E-state index < -0.39 is 0 Å². The number of para-hydroxylation sites is 1. The van der Waals surface area contributed by atoms with Crippen molar-refractivity contribution < 1.29 is 9.21 Å². The maximum Gasteiger partial charge on any atom is 0.253 e. The van der Waals surface area contributed by atoms with Gasteiger partial charge in [0.25, 0.3) is 5.91 Å². The molecule has 0 unspecified atom stereocenters. The lowest BCUT2D eigenvalue weighted by Crippen LogP contribution is -2.26. The van der Waals surface area contributed by atoms with Gasteiger partial charge >= 0.3 is 0 Å². The van der Waals surface area contributed by atoms with E-state index in [1.807, 2.05) is 61.9 Å². The normalized spacial score (nSPS) is 12.8. The summed E-state index contributed by atoms with van der Waals surface area (Å²) in [7, 11) is 0. The second-order valence-electron chi connectivity index (χ2n) is 6.70. The number of aromatic nitrogens is 3. The molecule has 0 aliphatic rings. The van der Waals surface area contributed by atoms with Gasteiger partial charge in [0.1, 0.15) is 11.3 Å². The van der Waals surface area contributed by atoms with Crippen LogP contribution in [-0.2, 0) is 0 Å². The summed E-state index contributed by atoms with van der Waals surface area (Å²) < 4.78 is 7.66. The van der Waals surface area contributed by atoms with Crippen LogP contribution in [0.2, 0.25) is 0 Å². The van der Waals surface area contributed by atoms with E-state index in [1.165, 1.54) is 0 Å². The Morgan fingerprint density at radius 3 is 2.69 bits per heavy atom. The van der Waals surface area contributed by atoms with Gasteiger partial charge in [-0.15, -0.1) is 0 Å². The number of carbonyl (C=O) groups is 1. The summed E-state index contributed by atoms with van der Waals surface area (Å²) in [5.74, 6) is 0.533. The van der Waals surface area contributed by atoms with Gasteiger partial charge in [0.05, 0.1) is 17.8 Å². The molecular formula is C20H20N4O2. The van der Waals surface area contributed by atoms with Crippen molar-refractivity contribution in [3.8, 4) is 0 Å². The van der Waals surface area contributed by atoms with Gasteiger partial charge in [-0.25, -0.2) is 9.67 Å². The summed E-state index contributed by atoms with van der Waals surface area (Å²) >= 11 is 0. The van der Waals surface area contributed by atoms with Crippen molar-refractivity contribution in [1.29, 1.82) is 0 Å². The predicted octanol–water partition coefficient (Wildman–Crippen LogP) is 4.25. The maximum atomic E-state index is 12.6. The van der Waals surface area contributed by atoms with Crippen molar-refractivity contribution >= 4 is 27.9 Å². The molecule has 0 spiro atoms. The minimum Gasteiger partial charge on any atom is -0.459 e. The van der Waals surface area contributed by atoms with Gasteiger partial charge in [0.2, 0.25) is 0 Å². The van der Waals surface area contributed by atoms with E-state index in [4.69, 9.17) is 4.42 Å². The molecule has 0 bridgehead atoms. The Balaban J connectivity index is 1.56. The average molecular weight is 348 g/mol. The van der Waals surface area contributed by atoms with Crippen molar-refractivity contribution in [3.63, 3.8) is 0 Å². The number of hydrogen-bond donors (Lipinski definition) is 1. The molecule has 0 saturated heterocycles. The lowest BCUT2D eigenvalue weighted by Gasteiger charge is -2.11. The van der Waals surface area contributed by atoms with Gasteiger partial charge in [-0.1, -0.05) is 18.2 Å². The molecule has 4 aromatic rings. The monoisotopic (exact) mass is 348 g/mol. The second-order valence-corrected chi connectivity index (χ2v) is 6.70. The van der Waals surface area contributed by atoms with Gasteiger partial charge in [0.15, 0.2) is 5.65 Å². The number of carbonyl (C=O) groups excluding carboxylic acids is 1. The highest BCUT2D eigenvalue weighted by Gasteiger charge is 2.17. The lowest BCUT2D eigenvalue weighted by molar-refractivity contribution is 0.0935. The number of nitrogens with zero attached hydrogens (tertiary/aromatic N) is 3. The van der Waals surface area contributed by atoms with Crippen LogP contribution in [0.5, 0.6) is 0 Å². The van der Waals surface area contributed by atoms with E-state index in [9.17, 15) is 4.79 Å². The number of fused-ring (bicyclic) bond motifs is 2. The first-order valence-corrected chi connectivity index (χ1v) is 8.65. The zero-order chi connectivity index (χ0) is 18.3. The summed E-state index contributed by atoms with van der Waals surface area (Å²) in [5, 5.41) is 9.17. The molecule has 0 saturated carbocycles. The highest BCUT2D eigenvalue weighted by Crippen LogP contribution is 2.24. The van der Waals surface area contributed by atoms with E-state index in [2.05, 4.69) is 15.4 Å². The molecule has 3 heterocycles. The molecule has 3 aromatic heterocycles. The van der Waals surface area contributed by atoms with Gasteiger partial charge in [-0.2, -0.15) is 5.10 Å². The van der Waals surface area contributed by atoms with E-state index in [1.54, 1.807) is 12.4 Å². The minimum absolute atomic E-state index is 0.190. The van der Waals surface area contributed by atoms with E-state index in [0.717, 1.165) is 27.8 Å². The molecule has 0 aliphatic heterocycles. The summed E-state index contributed by atoms with van der Waals surface area (Å²) in [6.45, 7) is 5.99. The highest BCUT2D eigenvalue weighted by atomic mass is 16.3. The molecule has 0 radical (unpaired) electrons. The Bertz CT molecular complexity index is 1060. The molecule has 1 N–H and O–H groups in total. The van der Waals surface area contributed by atoms with Crippen LogP contribution in [0.25, 0.3) is 22.0 Å². The fourth-order valence-corrected chi connectivity index (χ4v) is 3.01. The smallest absolute Gasteiger partial charge is 0.253 e. The fourth-order valence-electron chi connectivity index (χ4n) is 3.01. The Hall–Kier alpha value is -3.15. The van der Waals surface area contributed by atoms with Crippen molar-refractivity contribution in [2.24, 2.45) is 0 Å². The quantitative estimate of drug-likeness (QED) is 0.598. The molecule has 0 aliphatic carbocycles. The van der Waals surface area contributed by atoms with Gasteiger partial charge in [-0.3, -0.25) is 4.79 Å². The Kier molecular flexibility index (Phi) is 3.95. The summed E-state index contributed by atoms with van der Waals surface area (Å²) in [4.78, 5) is 17.0. The van der Waals surface area contributed by atoms with Crippen LogP contribution in [-0.4, -0.2) is 20.7 Å². The molecule has 0 fully saturated rings. The van der Waals surface area contributed by atoms with Crippen LogP contribution in [0.4, 0.5) is 0 Å². The zero-order valence-corrected chi connectivity index (χ0v) is 14.9. The van der Waals surface area contributed by atoms with Gasteiger partial charge < -0.3 is 9.73 Å². The van der Waals surface area contributed by atoms with Crippen LogP contribution in [0.1, 0.15) is 49.0 Å². The highest BCUT2D eigenvalue weighted by molar-refractivity contribution is 5.97. The fraction of sp³-hybridized carbons (Fsp3) is 0.250. The number of amides is 1. The number of nitrogens with one attached hydrogen (secondary N) is 1. The van der Waals surface area contributed by atoms with Crippen molar-refractivity contribution in [1.82, 2.24) is 20.1 Å². The summed E-state index contributed by atoms with van der Waals surface area (Å²) in [6.07, 6.45) is 3.32. The number of benzene rings is 1. The average Bonchev–Trinajstić information content (AvgIpc) is 3.25. The van der Waals surface area contributed by atoms with E-state index in [-0.39, 0.29) is 18.0 Å². The van der Waals surface area contributed by atoms with Gasteiger partial charge in [0, 0.05) is 23.0 Å². The van der Waals surface area contributed by atoms with Gasteiger partial charge in [-0.05, 0) is 39.0 Å². The Morgan fingerprint density at radius 1 is 1.12 bits per heavy atom. The Labute approximate surface area is 150 Å². The standard InChI is InChI=1S/C20H20N4O2/c1-12(2)24-19-15(11-22-24)8-16(10-21-19)20(25)23-13(3)18-9-14-6-4-5-7-17(14)26-18/h4-13H,1-3H3,(H,23,25)/t13-/m0/s1. The molecule has 6 nitrogen and oxygen atoms in total. The first kappa shape index (κ1) is 16.3. The zero-order valence-electron chi connectivity index (χ0n) is 14.9. The number of hydrogen-bond acceptors (Lipinski definition) is 4. The third-order valence-corrected chi connectivity index (χ3v) is 4.40. The van der Waals surface area contributed by atoms with Crippen LogP contribution in [0, 0.1) is 0 Å². The third-order valence-electron chi connectivity index (χ3n) is 4.40. The second kappa shape index (κ2) is 6.29. The van der Waals surface area contributed by atoms with Crippen LogP contribution in [0.15, 0.2) is 53.2 Å². The molecule has 132 valence electrons. The Morgan fingerprint density at radius 2 is 1.92 bits per heavy atom. The maximum absolute atomic E-state index is 12.6. The topological polar surface area (TPSA) is 73.0 Å². The molecule has 1 aromatic carbocycles. The predicted molar refractivity (Wildman–Crippen MR) is 100 cm³/mol. The van der Waals surface area contributed by atoms with Crippen LogP contribution < -0.4 is 5.32 Å². The molecule has 6 heteroatoms. The number of furan rings is 1. The largest absolute Gasteiger partial charge is 0.459 e. The van der Waals surface area contributed by atoms with Crippen molar-refractivity contribution in [2.45, 2.75) is 32.9 Å². The SMILES string of the molecule is CC(C)n1ncc2cc(C(=O)N[C@@H](C)c3cc4ccccc4o3)cnc21. The van der Waals surface area contributed by atoms with E-state index >= 15 is 0 Å². The van der Waals surface area contributed by atoms with Crippen LogP contribution in [0.3, 0.4) is 0 Å². The summed E-state index contributed by atoms with van der Waals surface area (Å²) in [5.41, 5.74) is 2.10. The first-order valence-electron chi connectivity index (χ1n) is 8.65. The number of pyridine rings is 1. The summed E-state index contributed by atoms with van der Waals surface area (Å²) in [6, 6.07) is 11.5. The minimum atomic E-state index is -0.246. The number of rotatable bonds is 4. The van der Waals surface area contributed by atoms with Crippen LogP contribution >= 0.6 is 0 Å². The third kappa shape index (κ3) is 2.83. The first-order chi connectivity index (χ1) is 12.5. The van der Waals surface area contributed by atoms with Crippen molar-refractivity contribution in [2.75, 3.05) is 0 Å². The van der Waals surface area contributed by atoms with Crippen molar-refractivity contribution in [3.05, 3.63) is 60.1 Å².